The first kappa shape index (κ1) is 17.9. The van der Waals surface area contributed by atoms with Gasteiger partial charge in [-0.3, -0.25) is 0 Å². The van der Waals surface area contributed by atoms with Gasteiger partial charge in [-0.15, -0.1) is 12.4 Å². The van der Waals surface area contributed by atoms with Crippen molar-refractivity contribution in [1.82, 2.24) is 13.9 Å². The fourth-order valence-electron chi connectivity index (χ4n) is 2.78. The van der Waals surface area contributed by atoms with E-state index in [1.165, 1.54) is 10.5 Å². The van der Waals surface area contributed by atoms with E-state index in [2.05, 4.69) is 4.98 Å². The lowest BCUT2D eigenvalue weighted by atomic mass is 10.2. The number of rotatable bonds is 6. The third-order valence-electron chi connectivity index (χ3n) is 3.87. The molecule has 2 N–H and O–H groups in total. The van der Waals surface area contributed by atoms with Crippen molar-refractivity contribution in [3.05, 3.63) is 47.9 Å². The minimum Gasteiger partial charge on any atom is -0.329 e. The van der Waals surface area contributed by atoms with Crippen molar-refractivity contribution < 1.29 is 8.42 Å². The summed E-state index contributed by atoms with van der Waals surface area (Å²) in [5, 5.41) is 0.282. The standard InChI is InChI=1S/C15H20N4O2S.ClH/c16-8-10-18(12-13-5-2-1-3-6-13)22(20,21)15-11-17-14-7-4-9-19(14)15;/h1-3,5-6,11H,4,7-10,12,16H2;1H. The third-order valence-corrected chi connectivity index (χ3v) is 5.71. The molecule has 2 heterocycles. The summed E-state index contributed by atoms with van der Waals surface area (Å²) in [6, 6.07) is 9.55. The van der Waals surface area contributed by atoms with E-state index in [1.807, 2.05) is 34.9 Å². The van der Waals surface area contributed by atoms with Crippen LogP contribution >= 0.6 is 12.4 Å². The van der Waals surface area contributed by atoms with Gasteiger partial charge in [-0.1, -0.05) is 30.3 Å². The maximum Gasteiger partial charge on any atom is 0.260 e. The highest BCUT2D eigenvalue weighted by atomic mass is 35.5. The van der Waals surface area contributed by atoms with Gasteiger partial charge in [-0.25, -0.2) is 13.4 Å². The summed E-state index contributed by atoms with van der Waals surface area (Å²) < 4.78 is 29.2. The number of hydrogen-bond acceptors (Lipinski definition) is 4. The van der Waals surface area contributed by atoms with Crippen molar-refractivity contribution in [2.45, 2.75) is 31.0 Å². The van der Waals surface area contributed by atoms with Crippen LogP contribution in [0.5, 0.6) is 0 Å². The Balaban J connectivity index is 0.00000192. The van der Waals surface area contributed by atoms with Crippen molar-refractivity contribution in [2.75, 3.05) is 13.1 Å². The number of fused-ring (bicyclic) bond motifs is 1. The molecule has 0 bridgehead atoms. The number of benzene rings is 1. The minimum atomic E-state index is -3.59. The molecule has 6 nitrogen and oxygen atoms in total. The number of sulfonamides is 1. The van der Waals surface area contributed by atoms with Gasteiger partial charge in [0, 0.05) is 32.6 Å². The van der Waals surface area contributed by atoms with Crippen LogP contribution in [-0.2, 0) is 29.5 Å². The lowest BCUT2D eigenvalue weighted by Gasteiger charge is -2.22. The van der Waals surface area contributed by atoms with Crippen LogP contribution in [0.15, 0.2) is 41.6 Å². The number of aryl methyl sites for hydroxylation is 1. The highest BCUT2D eigenvalue weighted by Gasteiger charge is 2.30. The number of aromatic nitrogens is 2. The number of imidazole rings is 1. The van der Waals surface area contributed by atoms with Gasteiger partial charge in [0.05, 0.1) is 6.20 Å². The van der Waals surface area contributed by atoms with E-state index < -0.39 is 10.0 Å². The Morgan fingerprint density at radius 2 is 2.00 bits per heavy atom. The molecule has 0 aliphatic carbocycles. The highest BCUT2D eigenvalue weighted by molar-refractivity contribution is 7.89. The zero-order chi connectivity index (χ0) is 15.6. The fourth-order valence-corrected chi connectivity index (χ4v) is 4.37. The van der Waals surface area contributed by atoms with Gasteiger partial charge in [0.15, 0.2) is 5.03 Å². The SMILES string of the molecule is Cl.NCCN(Cc1ccccc1)S(=O)(=O)c1cnc2n1CCC2. The smallest absolute Gasteiger partial charge is 0.260 e. The van der Waals surface area contributed by atoms with Crippen molar-refractivity contribution in [1.29, 1.82) is 0 Å². The minimum absolute atomic E-state index is 0. The number of nitrogens with zero attached hydrogens (tertiary/aromatic N) is 3. The Morgan fingerprint density at radius 1 is 1.26 bits per heavy atom. The third kappa shape index (κ3) is 3.58. The van der Waals surface area contributed by atoms with E-state index in [-0.39, 0.29) is 30.5 Å². The molecule has 2 aromatic rings. The molecule has 0 fully saturated rings. The number of halogens is 1. The van der Waals surface area contributed by atoms with Gasteiger partial charge in [-0.2, -0.15) is 4.31 Å². The molecule has 1 aromatic heterocycles. The van der Waals surface area contributed by atoms with Gasteiger partial charge < -0.3 is 10.3 Å². The topological polar surface area (TPSA) is 81.2 Å². The fraction of sp³-hybridized carbons (Fsp3) is 0.400. The normalized spacial score (nSPS) is 13.8. The van der Waals surface area contributed by atoms with Gasteiger partial charge in [0.2, 0.25) is 0 Å². The monoisotopic (exact) mass is 356 g/mol. The van der Waals surface area contributed by atoms with E-state index in [4.69, 9.17) is 5.73 Å². The van der Waals surface area contributed by atoms with Crippen molar-refractivity contribution in [3.8, 4) is 0 Å². The molecule has 126 valence electrons. The van der Waals surface area contributed by atoms with E-state index in [9.17, 15) is 8.42 Å². The van der Waals surface area contributed by atoms with Crippen molar-refractivity contribution in [3.63, 3.8) is 0 Å². The number of hydrogen-bond donors (Lipinski definition) is 1. The van der Waals surface area contributed by atoms with Crippen LogP contribution in [0.25, 0.3) is 0 Å². The molecule has 3 rings (SSSR count). The summed E-state index contributed by atoms with van der Waals surface area (Å²) in [7, 11) is -3.59. The molecule has 0 radical (unpaired) electrons. The van der Waals surface area contributed by atoms with Gasteiger partial charge in [0.25, 0.3) is 10.0 Å². The predicted molar refractivity (Wildman–Crippen MR) is 90.9 cm³/mol. The van der Waals surface area contributed by atoms with Crippen molar-refractivity contribution >= 4 is 22.4 Å². The van der Waals surface area contributed by atoms with Gasteiger partial charge >= 0.3 is 0 Å². The average Bonchev–Trinajstić information content (AvgIpc) is 3.10. The largest absolute Gasteiger partial charge is 0.329 e. The Bertz CT molecular complexity index is 746. The first-order chi connectivity index (χ1) is 10.6. The summed E-state index contributed by atoms with van der Waals surface area (Å²) in [5.74, 6) is 0.853. The highest BCUT2D eigenvalue weighted by Crippen LogP contribution is 2.23. The molecule has 0 saturated carbocycles. The molecule has 0 amide bonds. The van der Waals surface area contributed by atoms with Gasteiger partial charge in [0.1, 0.15) is 5.82 Å². The predicted octanol–water partition coefficient (Wildman–Crippen LogP) is 1.40. The molecule has 1 aliphatic rings. The van der Waals surface area contributed by atoms with Crippen LogP contribution in [0, 0.1) is 0 Å². The molecule has 0 saturated heterocycles. The number of nitrogens with two attached hydrogens (primary N) is 1. The molecular formula is C15H21ClN4O2S. The van der Waals surface area contributed by atoms with E-state index in [0.717, 1.165) is 24.2 Å². The first-order valence-electron chi connectivity index (χ1n) is 7.41. The average molecular weight is 357 g/mol. The lowest BCUT2D eigenvalue weighted by Crippen LogP contribution is -2.35. The van der Waals surface area contributed by atoms with Crippen LogP contribution in [0.3, 0.4) is 0 Å². The maximum atomic E-state index is 13.0. The lowest BCUT2D eigenvalue weighted by molar-refractivity contribution is 0.408. The zero-order valence-corrected chi connectivity index (χ0v) is 14.4. The second-order valence-corrected chi connectivity index (χ2v) is 7.27. The van der Waals surface area contributed by atoms with Crippen LogP contribution in [0.2, 0.25) is 0 Å². The summed E-state index contributed by atoms with van der Waals surface area (Å²) >= 11 is 0. The Morgan fingerprint density at radius 3 is 2.70 bits per heavy atom. The van der Waals surface area contributed by atoms with E-state index in [0.29, 0.717) is 13.1 Å². The van der Waals surface area contributed by atoms with Crippen LogP contribution in [0.4, 0.5) is 0 Å². The molecule has 1 aromatic carbocycles. The quantitative estimate of drug-likeness (QED) is 0.848. The second-order valence-electron chi connectivity index (χ2n) is 5.38. The first-order valence-corrected chi connectivity index (χ1v) is 8.85. The Hall–Kier alpha value is -1.41. The van der Waals surface area contributed by atoms with Crippen LogP contribution in [-0.4, -0.2) is 35.4 Å². The molecule has 0 unspecified atom stereocenters. The summed E-state index contributed by atoms with van der Waals surface area (Å²) in [6.07, 6.45) is 3.25. The van der Waals surface area contributed by atoms with Crippen molar-refractivity contribution in [2.24, 2.45) is 5.73 Å². The second kappa shape index (κ2) is 7.44. The molecule has 0 atom stereocenters. The molecular weight excluding hydrogens is 336 g/mol. The molecule has 23 heavy (non-hydrogen) atoms. The maximum absolute atomic E-state index is 13.0. The summed E-state index contributed by atoms with van der Waals surface area (Å²) in [6.45, 7) is 1.61. The van der Waals surface area contributed by atoms with Crippen LogP contribution in [0.1, 0.15) is 17.8 Å². The van der Waals surface area contributed by atoms with E-state index >= 15 is 0 Å². The zero-order valence-electron chi connectivity index (χ0n) is 12.8. The Labute approximate surface area is 142 Å². The molecule has 0 spiro atoms. The summed E-state index contributed by atoms with van der Waals surface area (Å²) in [4.78, 5) is 4.24. The Kier molecular flexibility index (Phi) is 5.80. The molecule has 1 aliphatic heterocycles. The molecule has 8 heteroatoms. The van der Waals surface area contributed by atoms with E-state index in [1.54, 1.807) is 0 Å². The summed E-state index contributed by atoms with van der Waals surface area (Å²) in [5.41, 5.74) is 6.56. The van der Waals surface area contributed by atoms with Gasteiger partial charge in [-0.05, 0) is 12.0 Å². The van der Waals surface area contributed by atoms with Crippen LogP contribution < -0.4 is 5.73 Å².